The number of ether oxygens (including phenoxy) is 5. The molecule has 0 aliphatic carbocycles. The summed E-state index contributed by atoms with van der Waals surface area (Å²) in [6, 6.07) is 0. The summed E-state index contributed by atoms with van der Waals surface area (Å²) in [6.45, 7) is 17.8. The summed E-state index contributed by atoms with van der Waals surface area (Å²) in [4.78, 5) is 11.5. The molecule has 0 aromatic rings. The molecule has 0 aliphatic rings. The zero-order chi connectivity index (χ0) is 20.0. The predicted octanol–water partition coefficient (Wildman–Crippen LogP) is 3.68. The van der Waals surface area contributed by atoms with Gasteiger partial charge in [-0.15, -0.1) is 13.2 Å². The largest absolute Gasteiger partial charge is 0.502 e. The van der Waals surface area contributed by atoms with Crippen LogP contribution in [0.15, 0.2) is 38.2 Å². The molecule has 0 bridgehead atoms. The van der Waals surface area contributed by atoms with E-state index in [2.05, 4.69) is 26.3 Å². The van der Waals surface area contributed by atoms with Gasteiger partial charge in [0.2, 0.25) is 0 Å². The molecule has 0 saturated carbocycles. The third-order valence-electron chi connectivity index (χ3n) is 3.07. The smallest absolute Gasteiger partial charge is 0.333 e. The van der Waals surface area contributed by atoms with Gasteiger partial charge in [-0.3, -0.25) is 0 Å². The maximum atomic E-state index is 11.5. The molecule has 0 N–H and O–H groups in total. The highest BCUT2D eigenvalue weighted by atomic mass is 16.6. The molecule has 0 radical (unpaired) electrons. The fourth-order valence-electron chi connectivity index (χ4n) is 1.72. The second-order valence-electron chi connectivity index (χ2n) is 5.39. The van der Waals surface area contributed by atoms with E-state index >= 15 is 0 Å². The molecule has 6 nitrogen and oxygen atoms in total. The Labute approximate surface area is 158 Å². The highest BCUT2D eigenvalue weighted by molar-refractivity contribution is 5.86. The molecule has 1 unspecified atom stereocenters. The van der Waals surface area contributed by atoms with Crippen LogP contribution in [0.25, 0.3) is 0 Å². The highest BCUT2D eigenvalue weighted by Gasteiger charge is 2.13. The predicted molar refractivity (Wildman–Crippen MR) is 104 cm³/mol. The van der Waals surface area contributed by atoms with Crippen molar-refractivity contribution in [2.45, 2.75) is 38.7 Å². The van der Waals surface area contributed by atoms with Crippen LogP contribution in [-0.4, -0.2) is 58.8 Å². The first-order valence-electron chi connectivity index (χ1n) is 8.85. The van der Waals surface area contributed by atoms with E-state index in [4.69, 9.17) is 23.7 Å². The third-order valence-corrected chi connectivity index (χ3v) is 3.07. The SMILES string of the molecule is C=C.C=COCCCCOC(COCCCCOC)COC(=O)C(=C)C. The first-order valence-corrected chi connectivity index (χ1v) is 8.85. The van der Waals surface area contributed by atoms with Crippen LogP contribution in [0.1, 0.15) is 32.6 Å². The Morgan fingerprint density at radius 3 is 2.23 bits per heavy atom. The Morgan fingerprint density at radius 2 is 1.62 bits per heavy atom. The van der Waals surface area contributed by atoms with E-state index in [1.165, 1.54) is 6.26 Å². The molecular formula is C20H36O6. The lowest BCUT2D eigenvalue weighted by molar-refractivity contribution is -0.145. The van der Waals surface area contributed by atoms with E-state index in [1.54, 1.807) is 14.0 Å². The average molecular weight is 373 g/mol. The number of carbonyl (C=O) groups is 1. The summed E-state index contributed by atoms with van der Waals surface area (Å²) in [5.41, 5.74) is 0.371. The Bertz CT molecular complexity index is 356. The van der Waals surface area contributed by atoms with Gasteiger partial charge in [0.05, 0.1) is 19.5 Å². The Hall–Kier alpha value is -1.63. The highest BCUT2D eigenvalue weighted by Crippen LogP contribution is 2.02. The molecule has 0 aromatic heterocycles. The summed E-state index contributed by atoms with van der Waals surface area (Å²) in [6.07, 6.45) is 4.75. The van der Waals surface area contributed by atoms with E-state index in [0.717, 1.165) is 32.3 Å². The monoisotopic (exact) mass is 372 g/mol. The van der Waals surface area contributed by atoms with Crippen molar-refractivity contribution < 1.29 is 28.5 Å². The van der Waals surface area contributed by atoms with Crippen molar-refractivity contribution in [1.82, 2.24) is 0 Å². The van der Waals surface area contributed by atoms with E-state index in [9.17, 15) is 4.79 Å². The quantitative estimate of drug-likeness (QED) is 0.128. The maximum absolute atomic E-state index is 11.5. The molecule has 0 heterocycles. The van der Waals surface area contributed by atoms with E-state index < -0.39 is 5.97 Å². The van der Waals surface area contributed by atoms with Crippen molar-refractivity contribution >= 4 is 5.97 Å². The number of hydrogen-bond acceptors (Lipinski definition) is 6. The van der Waals surface area contributed by atoms with Gasteiger partial charge in [0.15, 0.2) is 0 Å². The lowest BCUT2D eigenvalue weighted by atomic mass is 10.3. The molecule has 0 aliphatic heterocycles. The standard InChI is InChI=1S/C18H32O6.C2H4/c1-5-21-11-8-9-13-23-17(15-24-18(19)16(2)3)14-22-12-7-6-10-20-4;1-2/h5,17H,1-2,6-15H2,3-4H3;1-2H2. The minimum absolute atomic E-state index is 0.160. The summed E-state index contributed by atoms with van der Waals surface area (Å²) >= 11 is 0. The first kappa shape index (κ1) is 26.6. The van der Waals surface area contributed by atoms with Crippen LogP contribution in [0.2, 0.25) is 0 Å². The van der Waals surface area contributed by atoms with Crippen LogP contribution in [0.4, 0.5) is 0 Å². The zero-order valence-electron chi connectivity index (χ0n) is 16.5. The third kappa shape index (κ3) is 18.7. The van der Waals surface area contributed by atoms with Crippen LogP contribution in [0, 0.1) is 0 Å². The van der Waals surface area contributed by atoms with Gasteiger partial charge < -0.3 is 23.7 Å². The van der Waals surface area contributed by atoms with Crippen LogP contribution in [0.3, 0.4) is 0 Å². The molecule has 6 heteroatoms. The normalized spacial score (nSPS) is 11.0. The second-order valence-corrected chi connectivity index (χ2v) is 5.39. The average Bonchev–Trinajstić information content (AvgIpc) is 2.65. The number of methoxy groups -OCH3 is 1. The van der Waals surface area contributed by atoms with Crippen LogP contribution in [0.5, 0.6) is 0 Å². The number of carbonyl (C=O) groups excluding carboxylic acids is 1. The molecule has 1 atom stereocenters. The summed E-state index contributed by atoms with van der Waals surface area (Å²) in [7, 11) is 1.68. The van der Waals surface area contributed by atoms with E-state index in [1.807, 2.05) is 0 Å². The lowest BCUT2D eigenvalue weighted by Gasteiger charge is -2.18. The summed E-state index contributed by atoms with van der Waals surface area (Å²) < 4.78 is 26.5. The Kier molecular flexibility index (Phi) is 21.9. The molecule has 26 heavy (non-hydrogen) atoms. The Morgan fingerprint density at radius 1 is 1.00 bits per heavy atom. The van der Waals surface area contributed by atoms with Crippen LogP contribution < -0.4 is 0 Å². The Balaban J connectivity index is 0. The van der Waals surface area contributed by atoms with Gasteiger partial charge in [-0.1, -0.05) is 13.2 Å². The lowest BCUT2D eigenvalue weighted by Crippen LogP contribution is -2.28. The van der Waals surface area contributed by atoms with Crippen LogP contribution in [-0.2, 0) is 28.5 Å². The van der Waals surface area contributed by atoms with Crippen LogP contribution >= 0.6 is 0 Å². The minimum atomic E-state index is -0.414. The van der Waals surface area contributed by atoms with Crippen molar-refractivity contribution in [1.29, 1.82) is 0 Å². The molecule has 152 valence electrons. The number of esters is 1. The zero-order valence-corrected chi connectivity index (χ0v) is 16.5. The number of rotatable bonds is 17. The van der Waals surface area contributed by atoms with Crippen molar-refractivity contribution in [3.05, 3.63) is 38.2 Å². The topological polar surface area (TPSA) is 63.2 Å². The van der Waals surface area contributed by atoms with Gasteiger partial charge in [0.25, 0.3) is 0 Å². The fraction of sp³-hybridized carbons (Fsp3) is 0.650. The molecule has 0 saturated heterocycles. The first-order chi connectivity index (χ1) is 12.6. The van der Waals surface area contributed by atoms with Gasteiger partial charge in [-0.2, -0.15) is 0 Å². The van der Waals surface area contributed by atoms with Crippen molar-refractivity contribution in [3.8, 4) is 0 Å². The van der Waals surface area contributed by atoms with Crippen molar-refractivity contribution in [3.63, 3.8) is 0 Å². The summed E-state index contributed by atoms with van der Waals surface area (Å²) in [5, 5.41) is 0. The molecular weight excluding hydrogens is 336 g/mol. The maximum Gasteiger partial charge on any atom is 0.333 e. The minimum Gasteiger partial charge on any atom is -0.502 e. The number of hydrogen-bond donors (Lipinski definition) is 0. The van der Waals surface area contributed by atoms with E-state index in [-0.39, 0.29) is 12.7 Å². The fourth-order valence-corrected chi connectivity index (χ4v) is 1.72. The van der Waals surface area contributed by atoms with Gasteiger partial charge in [0.1, 0.15) is 12.7 Å². The van der Waals surface area contributed by atoms with E-state index in [0.29, 0.717) is 32.0 Å². The molecule has 0 fully saturated rings. The second kappa shape index (κ2) is 21.4. The molecule has 0 spiro atoms. The molecule has 0 aromatic carbocycles. The van der Waals surface area contributed by atoms with Crippen molar-refractivity contribution in [2.24, 2.45) is 0 Å². The summed E-state index contributed by atoms with van der Waals surface area (Å²) in [5.74, 6) is -0.414. The van der Waals surface area contributed by atoms with Gasteiger partial charge in [0, 0.05) is 32.5 Å². The van der Waals surface area contributed by atoms with Crippen molar-refractivity contribution in [2.75, 3.05) is 46.8 Å². The molecule has 0 rings (SSSR count). The van der Waals surface area contributed by atoms with Gasteiger partial charge in [-0.25, -0.2) is 4.79 Å². The van der Waals surface area contributed by atoms with Gasteiger partial charge in [-0.05, 0) is 32.6 Å². The molecule has 0 amide bonds. The van der Waals surface area contributed by atoms with Gasteiger partial charge >= 0.3 is 5.97 Å². The number of unbranched alkanes of at least 4 members (excludes halogenated alkanes) is 2.